The van der Waals surface area contributed by atoms with Gasteiger partial charge in [-0.05, 0) is 25.5 Å². The molecule has 2 rings (SSSR count). The Hall–Kier alpha value is -1.54. The molecule has 146 valence electrons. The van der Waals surface area contributed by atoms with Gasteiger partial charge in [0.15, 0.2) is 0 Å². The van der Waals surface area contributed by atoms with Gasteiger partial charge >= 0.3 is 0 Å². The van der Waals surface area contributed by atoms with Crippen LogP contribution in [0.2, 0.25) is 0 Å². The summed E-state index contributed by atoms with van der Waals surface area (Å²) in [7, 11) is 1.64. The normalized spacial score (nSPS) is 15.8. The highest BCUT2D eigenvalue weighted by atomic mass is 16.5. The van der Waals surface area contributed by atoms with Crippen LogP contribution < -0.4 is 0 Å². The number of aryl methyl sites for hydroxylation is 1. The first-order valence-corrected chi connectivity index (χ1v) is 9.26. The van der Waals surface area contributed by atoms with E-state index in [1.807, 2.05) is 24.0 Å². The SMILES string of the molecule is COCCOCCOCC(=O)N1CCCN(Cc2cccc(C)n2)CC1. The summed E-state index contributed by atoms with van der Waals surface area (Å²) in [5.41, 5.74) is 2.12. The summed E-state index contributed by atoms with van der Waals surface area (Å²) in [5, 5.41) is 0. The van der Waals surface area contributed by atoms with Gasteiger partial charge in [-0.15, -0.1) is 0 Å². The van der Waals surface area contributed by atoms with E-state index in [1.165, 1.54) is 0 Å². The first-order valence-electron chi connectivity index (χ1n) is 9.26. The van der Waals surface area contributed by atoms with Crippen LogP contribution in [0.4, 0.5) is 0 Å². The molecule has 1 aliphatic heterocycles. The van der Waals surface area contributed by atoms with E-state index in [0.29, 0.717) is 26.4 Å². The Labute approximate surface area is 156 Å². The van der Waals surface area contributed by atoms with E-state index in [4.69, 9.17) is 14.2 Å². The third-order valence-corrected chi connectivity index (χ3v) is 4.30. The van der Waals surface area contributed by atoms with Crippen LogP contribution in [-0.2, 0) is 25.5 Å². The predicted molar refractivity (Wildman–Crippen MR) is 99.0 cm³/mol. The molecule has 0 saturated carbocycles. The van der Waals surface area contributed by atoms with Crippen molar-refractivity contribution in [2.45, 2.75) is 19.9 Å². The first-order chi connectivity index (χ1) is 12.7. The molecule has 1 aliphatic rings. The average molecular weight is 365 g/mol. The first kappa shape index (κ1) is 20.8. The Balaban J connectivity index is 1.64. The Morgan fingerprint density at radius 3 is 2.69 bits per heavy atom. The lowest BCUT2D eigenvalue weighted by atomic mass is 10.3. The van der Waals surface area contributed by atoms with Gasteiger partial charge < -0.3 is 19.1 Å². The van der Waals surface area contributed by atoms with Crippen molar-refractivity contribution in [2.24, 2.45) is 0 Å². The maximum Gasteiger partial charge on any atom is 0.248 e. The standard InChI is InChI=1S/C19H31N3O4/c1-17-5-3-6-18(20-17)15-21-7-4-8-22(10-9-21)19(23)16-26-14-13-25-12-11-24-2/h3,5-6H,4,7-16H2,1-2H3. The van der Waals surface area contributed by atoms with E-state index < -0.39 is 0 Å². The van der Waals surface area contributed by atoms with Crippen molar-refractivity contribution >= 4 is 5.91 Å². The summed E-state index contributed by atoms with van der Waals surface area (Å²) < 4.78 is 15.6. The summed E-state index contributed by atoms with van der Waals surface area (Å²) in [5.74, 6) is 0.0532. The summed E-state index contributed by atoms with van der Waals surface area (Å²) in [6.07, 6.45) is 0.970. The fraction of sp³-hybridized carbons (Fsp3) is 0.684. The molecule has 0 bridgehead atoms. The van der Waals surface area contributed by atoms with Crippen molar-refractivity contribution in [3.05, 3.63) is 29.6 Å². The van der Waals surface area contributed by atoms with Gasteiger partial charge in [0.05, 0.1) is 32.1 Å². The number of rotatable bonds is 10. The van der Waals surface area contributed by atoms with Crippen LogP contribution >= 0.6 is 0 Å². The number of carbonyl (C=O) groups excluding carboxylic acids is 1. The lowest BCUT2D eigenvalue weighted by molar-refractivity contribution is -0.136. The molecule has 7 heteroatoms. The zero-order valence-electron chi connectivity index (χ0n) is 16.0. The van der Waals surface area contributed by atoms with Gasteiger partial charge in [-0.1, -0.05) is 6.07 Å². The van der Waals surface area contributed by atoms with Crippen molar-refractivity contribution in [1.29, 1.82) is 0 Å². The minimum Gasteiger partial charge on any atom is -0.382 e. The van der Waals surface area contributed by atoms with Crippen LogP contribution in [0.3, 0.4) is 0 Å². The molecule has 1 aromatic heterocycles. The number of methoxy groups -OCH3 is 1. The van der Waals surface area contributed by atoms with E-state index in [1.54, 1.807) is 7.11 Å². The number of nitrogens with zero attached hydrogens (tertiary/aromatic N) is 3. The average Bonchev–Trinajstić information content (AvgIpc) is 2.86. The molecule has 0 aliphatic carbocycles. The Morgan fingerprint density at radius 2 is 1.88 bits per heavy atom. The predicted octanol–water partition coefficient (Wildman–Crippen LogP) is 1.10. The number of amides is 1. The Morgan fingerprint density at radius 1 is 1.08 bits per heavy atom. The van der Waals surface area contributed by atoms with Gasteiger partial charge in [0.25, 0.3) is 0 Å². The minimum absolute atomic E-state index is 0.0532. The minimum atomic E-state index is 0.0532. The molecule has 0 unspecified atom stereocenters. The number of hydrogen-bond acceptors (Lipinski definition) is 6. The van der Waals surface area contributed by atoms with E-state index in [-0.39, 0.29) is 12.5 Å². The van der Waals surface area contributed by atoms with Crippen LogP contribution in [0, 0.1) is 6.92 Å². The second-order valence-corrected chi connectivity index (χ2v) is 6.44. The van der Waals surface area contributed by atoms with Crippen molar-refractivity contribution in [1.82, 2.24) is 14.8 Å². The van der Waals surface area contributed by atoms with Gasteiger partial charge in [-0.25, -0.2) is 0 Å². The Bertz CT molecular complexity index is 541. The van der Waals surface area contributed by atoms with Crippen LogP contribution in [0.1, 0.15) is 17.8 Å². The van der Waals surface area contributed by atoms with Crippen molar-refractivity contribution in [2.75, 3.05) is 66.3 Å². The third-order valence-electron chi connectivity index (χ3n) is 4.30. The molecule has 1 fully saturated rings. The highest BCUT2D eigenvalue weighted by Crippen LogP contribution is 2.08. The van der Waals surface area contributed by atoms with Crippen LogP contribution in [-0.4, -0.2) is 87.0 Å². The lowest BCUT2D eigenvalue weighted by Gasteiger charge is -2.22. The molecule has 0 N–H and O–H groups in total. The number of ether oxygens (including phenoxy) is 3. The van der Waals surface area contributed by atoms with Gasteiger partial charge in [0.1, 0.15) is 6.61 Å². The second kappa shape index (κ2) is 12.0. The molecule has 2 heterocycles. The topological polar surface area (TPSA) is 64.1 Å². The summed E-state index contributed by atoms with van der Waals surface area (Å²) in [4.78, 5) is 21.1. The van der Waals surface area contributed by atoms with Crippen molar-refractivity contribution in [3.8, 4) is 0 Å². The monoisotopic (exact) mass is 365 g/mol. The lowest BCUT2D eigenvalue weighted by Crippen LogP contribution is -2.37. The highest BCUT2D eigenvalue weighted by Gasteiger charge is 2.19. The van der Waals surface area contributed by atoms with E-state index >= 15 is 0 Å². The van der Waals surface area contributed by atoms with Crippen LogP contribution in [0.25, 0.3) is 0 Å². The number of carbonyl (C=O) groups is 1. The van der Waals surface area contributed by atoms with E-state index in [0.717, 1.165) is 50.5 Å². The number of aromatic nitrogens is 1. The zero-order chi connectivity index (χ0) is 18.6. The molecule has 0 spiro atoms. The number of pyridine rings is 1. The number of hydrogen-bond donors (Lipinski definition) is 0. The quantitative estimate of drug-likeness (QED) is 0.579. The maximum atomic E-state index is 12.3. The second-order valence-electron chi connectivity index (χ2n) is 6.44. The van der Waals surface area contributed by atoms with Crippen LogP contribution in [0.5, 0.6) is 0 Å². The summed E-state index contributed by atoms with van der Waals surface area (Å²) >= 11 is 0. The van der Waals surface area contributed by atoms with Gasteiger partial charge in [0, 0.05) is 45.5 Å². The highest BCUT2D eigenvalue weighted by molar-refractivity contribution is 5.77. The molecule has 1 saturated heterocycles. The van der Waals surface area contributed by atoms with Crippen molar-refractivity contribution < 1.29 is 19.0 Å². The molecule has 0 atom stereocenters. The molecule has 1 aromatic rings. The largest absolute Gasteiger partial charge is 0.382 e. The molecular weight excluding hydrogens is 334 g/mol. The molecular formula is C19H31N3O4. The van der Waals surface area contributed by atoms with E-state index in [2.05, 4.69) is 16.0 Å². The van der Waals surface area contributed by atoms with Gasteiger partial charge in [-0.2, -0.15) is 0 Å². The third kappa shape index (κ3) is 7.78. The fourth-order valence-electron chi connectivity index (χ4n) is 2.91. The molecule has 26 heavy (non-hydrogen) atoms. The molecule has 7 nitrogen and oxygen atoms in total. The van der Waals surface area contributed by atoms with Gasteiger partial charge in [0.2, 0.25) is 5.91 Å². The Kier molecular flexibility index (Phi) is 9.55. The van der Waals surface area contributed by atoms with Crippen molar-refractivity contribution in [3.63, 3.8) is 0 Å². The summed E-state index contributed by atoms with van der Waals surface area (Å²) in [6, 6.07) is 6.11. The molecule has 1 amide bonds. The fourth-order valence-corrected chi connectivity index (χ4v) is 2.91. The zero-order valence-corrected chi connectivity index (χ0v) is 16.0. The van der Waals surface area contributed by atoms with E-state index in [9.17, 15) is 4.79 Å². The molecule has 0 aromatic carbocycles. The maximum absolute atomic E-state index is 12.3. The van der Waals surface area contributed by atoms with Gasteiger partial charge in [-0.3, -0.25) is 14.7 Å². The summed E-state index contributed by atoms with van der Waals surface area (Å²) in [6.45, 7) is 8.34. The smallest absolute Gasteiger partial charge is 0.248 e. The van der Waals surface area contributed by atoms with Crippen LogP contribution in [0.15, 0.2) is 18.2 Å². The molecule has 0 radical (unpaired) electrons.